The van der Waals surface area contributed by atoms with Crippen LogP contribution in [0, 0.1) is 0 Å². The maximum absolute atomic E-state index is 12.1. The number of pyridine rings is 1. The van der Waals surface area contributed by atoms with Crippen LogP contribution >= 0.6 is 15.9 Å². The van der Waals surface area contributed by atoms with Gasteiger partial charge in [-0.1, -0.05) is 12.1 Å². The molecule has 0 fully saturated rings. The second kappa shape index (κ2) is 6.70. The molecule has 0 aromatic carbocycles. The summed E-state index contributed by atoms with van der Waals surface area (Å²) in [6, 6.07) is 5.63. The number of rotatable bonds is 5. The Morgan fingerprint density at radius 1 is 1.56 bits per heavy atom. The van der Waals surface area contributed by atoms with Crippen molar-refractivity contribution < 1.29 is 4.55 Å². The van der Waals surface area contributed by atoms with Gasteiger partial charge in [0.15, 0.2) is 0 Å². The van der Waals surface area contributed by atoms with Crippen LogP contribution in [0.5, 0.6) is 0 Å². The number of aromatic nitrogens is 1. The number of hydrogen-bond donors (Lipinski definition) is 1. The second-order valence-corrected chi connectivity index (χ2v) is 7.77. The SMILES string of the molecule is C=CC[C@H](N[S+]([O-])C(C)(C)C)c1cccc(Br)n1. The lowest BCUT2D eigenvalue weighted by Gasteiger charge is -2.27. The molecule has 1 N–H and O–H groups in total. The third kappa shape index (κ3) is 4.72. The standard InChI is InChI=1S/C13H19BrN2OS/c1-5-7-11(16-18(17)13(2,3)4)10-8-6-9-12(14)15-10/h5-6,8-9,11,16H,1,7H2,2-4H3/t11-,18?/m0/s1. The molecule has 5 heteroatoms. The summed E-state index contributed by atoms with van der Waals surface area (Å²) >= 11 is 2.22. The molecule has 2 atom stereocenters. The van der Waals surface area contributed by atoms with Crippen LogP contribution in [-0.2, 0) is 11.4 Å². The lowest BCUT2D eigenvalue weighted by atomic mass is 10.1. The Balaban J connectivity index is 2.86. The molecule has 0 bridgehead atoms. The van der Waals surface area contributed by atoms with Crippen molar-refractivity contribution in [2.24, 2.45) is 0 Å². The quantitative estimate of drug-likeness (QED) is 0.510. The van der Waals surface area contributed by atoms with Gasteiger partial charge in [-0.2, -0.15) is 0 Å². The number of nitrogens with one attached hydrogen (secondary N) is 1. The highest BCUT2D eigenvalue weighted by atomic mass is 79.9. The van der Waals surface area contributed by atoms with Gasteiger partial charge >= 0.3 is 0 Å². The van der Waals surface area contributed by atoms with Crippen LogP contribution < -0.4 is 4.72 Å². The molecule has 0 saturated carbocycles. The van der Waals surface area contributed by atoms with Gasteiger partial charge in [-0.05, 0) is 55.3 Å². The van der Waals surface area contributed by atoms with E-state index in [9.17, 15) is 4.55 Å². The van der Waals surface area contributed by atoms with Crippen molar-refractivity contribution in [3.05, 3.63) is 41.2 Å². The Bertz CT molecular complexity index is 406. The van der Waals surface area contributed by atoms with Crippen LogP contribution in [0.15, 0.2) is 35.5 Å². The number of hydrogen-bond acceptors (Lipinski definition) is 3. The maximum atomic E-state index is 12.1. The molecule has 3 nitrogen and oxygen atoms in total. The van der Waals surface area contributed by atoms with Gasteiger partial charge in [-0.25, -0.2) is 4.98 Å². The van der Waals surface area contributed by atoms with E-state index < -0.39 is 11.4 Å². The van der Waals surface area contributed by atoms with Gasteiger partial charge in [0, 0.05) is 11.4 Å². The largest absolute Gasteiger partial charge is 0.598 e. The van der Waals surface area contributed by atoms with Gasteiger partial charge in [-0.15, -0.1) is 11.3 Å². The zero-order valence-corrected chi connectivity index (χ0v) is 13.3. The zero-order valence-electron chi connectivity index (χ0n) is 10.9. The Morgan fingerprint density at radius 3 is 2.72 bits per heavy atom. The second-order valence-electron chi connectivity index (χ2n) is 4.96. The van der Waals surface area contributed by atoms with Crippen molar-refractivity contribution in [3.8, 4) is 0 Å². The Labute approximate surface area is 121 Å². The Kier molecular flexibility index (Phi) is 5.85. The molecular formula is C13H19BrN2OS. The van der Waals surface area contributed by atoms with E-state index >= 15 is 0 Å². The number of nitrogens with zero attached hydrogens (tertiary/aromatic N) is 1. The molecule has 1 rings (SSSR count). The van der Waals surface area contributed by atoms with Gasteiger partial charge in [-0.3, -0.25) is 0 Å². The highest BCUT2D eigenvalue weighted by Gasteiger charge is 2.29. The van der Waals surface area contributed by atoms with E-state index in [0.29, 0.717) is 6.42 Å². The van der Waals surface area contributed by atoms with E-state index in [1.54, 1.807) is 6.08 Å². The summed E-state index contributed by atoms with van der Waals surface area (Å²) in [5, 5.41) is 0. The van der Waals surface area contributed by atoms with Crippen LogP contribution in [0.25, 0.3) is 0 Å². The van der Waals surface area contributed by atoms with Gasteiger partial charge in [0.25, 0.3) is 0 Å². The third-order valence-electron chi connectivity index (χ3n) is 2.30. The van der Waals surface area contributed by atoms with Crippen molar-refractivity contribution in [1.29, 1.82) is 0 Å². The van der Waals surface area contributed by atoms with Crippen molar-refractivity contribution in [3.63, 3.8) is 0 Å². The van der Waals surface area contributed by atoms with Gasteiger partial charge in [0.2, 0.25) is 0 Å². The molecular weight excluding hydrogens is 312 g/mol. The van der Waals surface area contributed by atoms with Gasteiger partial charge in [0.05, 0.1) is 11.7 Å². The molecule has 0 amide bonds. The fourth-order valence-electron chi connectivity index (χ4n) is 1.32. The summed E-state index contributed by atoms with van der Waals surface area (Å²) < 4.78 is 15.7. The van der Waals surface area contributed by atoms with Crippen molar-refractivity contribution in [2.75, 3.05) is 0 Å². The van der Waals surface area contributed by atoms with Crippen LogP contribution in [-0.4, -0.2) is 14.3 Å². The highest BCUT2D eigenvalue weighted by molar-refractivity contribution is 9.10. The van der Waals surface area contributed by atoms with Gasteiger partial charge in [0.1, 0.15) is 9.35 Å². The molecule has 18 heavy (non-hydrogen) atoms. The summed E-state index contributed by atoms with van der Waals surface area (Å²) in [5.41, 5.74) is 0.863. The maximum Gasteiger partial charge on any atom is 0.136 e. The summed E-state index contributed by atoms with van der Waals surface area (Å²) in [7, 11) is 0. The van der Waals surface area contributed by atoms with E-state index in [1.165, 1.54) is 0 Å². The fourth-order valence-corrected chi connectivity index (χ4v) is 2.51. The van der Waals surface area contributed by atoms with E-state index in [0.717, 1.165) is 10.3 Å². The lowest BCUT2D eigenvalue weighted by molar-refractivity contribution is 0.521. The smallest absolute Gasteiger partial charge is 0.136 e. The monoisotopic (exact) mass is 330 g/mol. The van der Waals surface area contributed by atoms with Crippen LogP contribution in [0.3, 0.4) is 0 Å². The molecule has 1 unspecified atom stereocenters. The average molecular weight is 331 g/mol. The topological polar surface area (TPSA) is 48.0 Å². The Morgan fingerprint density at radius 2 is 2.22 bits per heavy atom. The van der Waals surface area contributed by atoms with E-state index in [4.69, 9.17) is 0 Å². The summed E-state index contributed by atoms with van der Waals surface area (Å²) in [4.78, 5) is 4.40. The first-order chi connectivity index (χ1) is 8.34. The third-order valence-corrected chi connectivity index (χ3v) is 4.35. The molecule has 0 aliphatic heterocycles. The molecule has 1 aromatic heterocycles. The summed E-state index contributed by atoms with van der Waals surface area (Å²) in [6.07, 6.45) is 2.49. The number of halogens is 1. The van der Waals surface area contributed by atoms with Crippen molar-refractivity contribution >= 4 is 27.3 Å². The van der Waals surface area contributed by atoms with Crippen LogP contribution in [0.1, 0.15) is 38.9 Å². The predicted octanol–water partition coefficient (Wildman–Crippen LogP) is 3.51. The fraction of sp³-hybridized carbons (Fsp3) is 0.462. The summed E-state index contributed by atoms with van der Waals surface area (Å²) in [5.74, 6) is 0. The zero-order chi connectivity index (χ0) is 13.8. The minimum absolute atomic E-state index is 0.0833. The molecule has 100 valence electrons. The van der Waals surface area contributed by atoms with Crippen LogP contribution in [0.2, 0.25) is 0 Å². The molecule has 0 radical (unpaired) electrons. The average Bonchev–Trinajstić information content (AvgIpc) is 2.27. The van der Waals surface area contributed by atoms with E-state index in [2.05, 4.69) is 32.2 Å². The molecule has 0 saturated heterocycles. The minimum Gasteiger partial charge on any atom is -0.598 e. The Hall–Kier alpha value is -0.360. The van der Waals surface area contributed by atoms with Gasteiger partial charge < -0.3 is 4.55 Å². The first-order valence-corrected chi connectivity index (χ1v) is 7.70. The molecule has 0 aliphatic carbocycles. The minimum atomic E-state index is -1.13. The molecule has 0 aliphatic rings. The van der Waals surface area contributed by atoms with E-state index in [-0.39, 0.29) is 10.8 Å². The highest BCUT2D eigenvalue weighted by Crippen LogP contribution is 2.22. The summed E-state index contributed by atoms with van der Waals surface area (Å²) in [6.45, 7) is 9.56. The first kappa shape index (κ1) is 15.7. The first-order valence-electron chi connectivity index (χ1n) is 5.76. The molecule has 1 aromatic rings. The molecule has 1 heterocycles. The lowest BCUT2D eigenvalue weighted by Crippen LogP contribution is -2.41. The normalized spacial score (nSPS) is 15.2. The van der Waals surface area contributed by atoms with E-state index in [1.807, 2.05) is 39.0 Å². The van der Waals surface area contributed by atoms with Crippen molar-refractivity contribution in [1.82, 2.24) is 9.71 Å². The van der Waals surface area contributed by atoms with Crippen LogP contribution in [0.4, 0.5) is 0 Å². The molecule has 0 spiro atoms. The predicted molar refractivity (Wildman–Crippen MR) is 80.5 cm³/mol. The van der Waals surface area contributed by atoms with Crippen molar-refractivity contribution in [2.45, 2.75) is 38.0 Å².